The van der Waals surface area contributed by atoms with Gasteiger partial charge in [-0.25, -0.2) is 4.98 Å². The van der Waals surface area contributed by atoms with Crippen LogP contribution < -0.4 is 10.2 Å². The Morgan fingerprint density at radius 1 is 1.24 bits per heavy atom. The van der Waals surface area contributed by atoms with Crippen molar-refractivity contribution in [2.75, 3.05) is 18.0 Å². The van der Waals surface area contributed by atoms with E-state index in [9.17, 15) is 0 Å². The molecule has 0 bridgehead atoms. The van der Waals surface area contributed by atoms with Gasteiger partial charge in [0.2, 0.25) is 0 Å². The number of anilines is 1. The molecule has 0 saturated carbocycles. The second kappa shape index (κ2) is 8.74. The summed E-state index contributed by atoms with van der Waals surface area (Å²) in [6.45, 7) is 10.0. The van der Waals surface area contributed by atoms with Crippen LogP contribution in [0.25, 0.3) is 0 Å². The van der Waals surface area contributed by atoms with Gasteiger partial charge in [-0.15, -0.1) is 11.3 Å². The number of hydrogen-bond donors (Lipinski definition) is 1. The lowest BCUT2D eigenvalue weighted by Crippen LogP contribution is -2.39. The molecule has 0 aromatic carbocycles. The van der Waals surface area contributed by atoms with Crippen LogP contribution in [0.3, 0.4) is 0 Å². The first-order valence-corrected chi connectivity index (χ1v) is 9.57. The zero-order valence-corrected chi connectivity index (χ0v) is 14.8. The first-order valence-electron chi connectivity index (χ1n) is 8.76. The third-order valence-corrected chi connectivity index (χ3v) is 5.44. The van der Waals surface area contributed by atoms with Crippen molar-refractivity contribution >= 4 is 16.5 Å². The third-order valence-electron chi connectivity index (χ3n) is 4.31. The monoisotopic (exact) mass is 309 g/mol. The fourth-order valence-electron chi connectivity index (χ4n) is 3.17. The number of nitrogens with zero attached hydrogens (tertiary/aromatic N) is 2. The zero-order valence-electron chi connectivity index (χ0n) is 14.0. The van der Waals surface area contributed by atoms with Crippen molar-refractivity contribution in [3.05, 3.63) is 10.6 Å². The summed E-state index contributed by atoms with van der Waals surface area (Å²) in [5.74, 6) is 0. The number of rotatable bonds is 8. The number of thiazole rings is 1. The lowest BCUT2D eigenvalue weighted by molar-refractivity contribution is 0.434. The first-order chi connectivity index (χ1) is 10.3. The lowest BCUT2D eigenvalue weighted by Gasteiger charge is -2.35. The Bertz CT molecular complexity index is 414. The van der Waals surface area contributed by atoms with Crippen LogP contribution in [-0.2, 0) is 13.0 Å². The summed E-state index contributed by atoms with van der Waals surface area (Å²) in [5, 5.41) is 4.81. The average molecular weight is 310 g/mol. The van der Waals surface area contributed by atoms with Gasteiger partial charge in [0, 0.05) is 24.0 Å². The normalized spacial score (nSPS) is 19.2. The molecule has 2 rings (SSSR count). The SMILES string of the molecule is CCCNCc1sc(N2CCCCC2CCC)nc1CC. The molecule has 0 amide bonds. The van der Waals surface area contributed by atoms with E-state index in [0.29, 0.717) is 0 Å². The van der Waals surface area contributed by atoms with E-state index in [1.807, 2.05) is 11.3 Å². The third kappa shape index (κ3) is 4.43. The molecule has 1 atom stereocenters. The van der Waals surface area contributed by atoms with Crippen LogP contribution in [0.1, 0.15) is 69.9 Å². The van der Waals surface area contributed by atoms with Gasteiger partial charge in [-0.2, -0.15) is 0 Å². The van der Waals surface area contributed by atoms with Crippen LogP contribution in [0.5, 0.6) is 0 Å². The summed E-state index contributed by atoms with van der Waals surface area (Å²) in [6.07, 6.45) is 8.88. The Morgan fingerprint density at radius 2 is 2.10 bits per heavy atom. The molecule has 0 spiro atoms. The summed E-state index contributed by atoms with van der Waals surface area (Å²) >= 11 is 1.92. The molecule has 4 heteroatoms. The Hall–Kier alpha value is -0.610. The standard InChI is InChI=1S/C17H31N3S/c1-4-9-14-10-7-8-12-20(14)17-19-15(6-3)16(21-17)13-18-11-5-2/h14,18H,4-13H2,1-3H3. The molecule has 3 nitrogen and oxygen atoms in total. The fraction of sp³-hybridized carbons (Fsp3) is 0.824. The highest BCUT2D eigenvalue weighted by Crippen LogP contribution is 2.32. The van der Waals surface area contributed by atoms with Crippen molar-refractivity contribution in [1.82, 2.24) is 10.3 Å². The van der Waals surface area contributed by atoms with Gasteiger partial charge in [0.05, 0.1) is 5.69 Å². The fourth-order valence-corrected chi connectivity index (χ4v) is 4.39. The molecule has 120 valence electrons. The predicted molar refractivity (Wildman–Crippen MR) is 93.4 cm³/mol. The van der Waals surface area contributed by atoms with Crippen molar-refractivity contribution in [3.8, 4) is 0 Å². The van der Waals surface area contributed by atoms with E-state index in [-0.39, 0.29) is 0 Å². The average Bonchev–Trinajstić information content (AvgIpc) is 2.91. The number of hydrogen-bond acceptors (Lipinski definition) is 4. The van der Waals surface area contributed by atoms with Gasteiger partial charge in [0.15, 0.2) is 5.13 Å². The Balaban J connectivity index is 2.10. The quantitative estimate of drug-likeness (QED) is 0.723. The molecule has 1 unspecified atom stereocenters. The van der Waals surface area contributed by atoms with Crippen molar-refractivity contribution in [2.24, 2.45) is 0 Å². The zero-order chi connectivity index (χ0) is 15.1. The van der Waals surface area contributed by atoms with E-state index in [1.54, 1.807) is 0 Å². The molecule has 2 heterocycles. The van der Waals surface area contributed by atoms with Crippen molar-refractivity contribution < 1.29 is 0 Å². The molecule has 21 heavy (non-hydrogen) atoms. The summed E-state index contributed by atoms with van der Waals surface area (Å²) < 4.78 is 0. The van der Waals surface area contributed by atoms with Gasteiger partial charge in [-0.1, -0.05) is 27.2 Å². The van der Waals surface area contributed by atoms with E-state index >= 15 is 0 Å². The molecular formula is C17H31N3S. The van der Waals surface area contributed by atoms with Crippen molar-refractivity contribution in [2.45, 2.75) is 78.3 Å². The smallest absolute Gasteiger partial charge is 0.186 e. The lowest BCUT2D eigenvalue weighted by atomic mass is 9.99. The molecule has 1 aromatic rings. The van der Waals surface area contributed by atoms with Gasteiger partial charge in [0.25, 0.3) is 0 Å². The minimum Gasteiger partial charge on any atom is -0.345 e. The van der Waals surface area contributed by atoms with Crippen LogP contribution in [0.2, 0.25) is 0 Å². The summed E-state index contributed by atoms with van der Waals surface area (Å²) in [4.78, 5) is 9.01. The molecule has 1 fully saturated rings. The van der Waals surface area contributed by atoms with Crippen LogP contribution in [0.4, 0.5) is 5.13 Å². The topological polar surface area (TPSA) is 28.2 Å². The van der Waals surface area contributed by atoms with Gasteiger partial charge in [0.1, 0.15) is 0 Å². The van der Waals surface area contributed by atoms with Crippen LogP contribution in [-0.4, -0.2) is 24.1 Å². The molecule has 1 aromatic heterocycles. The molecular weight excluding hydrogens is 278 g/mol. The van der Waals surface area contributed by atoms with E-state index in [1.165, 1.54) is 60.8 Å². The van der Waals surface area contributed by atoms with E-state index in [2.05, 4.69) is 31.0 Å². The number of aromatic nitrogens is 1. The summed E-state index contributed by atoms with van der Waals surface area (Å²) in [7, 11) is 0. The summed E-state index contributed by atoms with van der Waals surface area (Å²) in [5.41, 5.74) is 1.31. The molecule has 1 saturated heterocycles. The maximum atomic E-state index is 4.97. The highest BCUT2D eigenvalue weighted by Gasteiger charge is 2.25. The minimum absolute atomic E-state index is 0.719. The molecule has 0 radical (unpaired) electrons. The second-order valence-corrected chi connectivity index (χ2v) is 7.09. The van der Waals surface area contributed by atoms with E-state index in [0.717, 1.165) is 25.6 Å². The number of piperidine rings is 1. The molecule has 1 aliphatic rings. The van der Waals surface area contributed by atoms with Crippen molar-refractivity contribution in [3.63, 3.8) is 0 Å². The highest BCUT2D eigenvalue weighted by molar-refractivity contribution is 7.15. The van der Waals surface area contributed by atoms with Gasteiger partial charge < -0.3 is 10.2 Å². The first kappa shape index (κ1) is 16.8. The van der Waals surface area contributed by atoms with Crippen molar-refractivity contribution in [1.29, 1.82) is 0 Å². The second-order valence-electron chi connectivity index (χ2n) is 6.03. The maximum Gasteiger partial charge on any atom is 0.186 e. The Morgan fingerprint density at radius 3 is 2.81 bits per heavy atom. The van der Waals surface area contributed by atoms with E-state index in [4.69, 9.17) is 4.98 Å². The van der Waals surface area contributed by atoms with Crippen LogP contribution >= 0.6 is 11.3 Å². The Labute approximate surface area is 134 Å². The summed E-state index contributed by atoms with van der Waals surface area (Å²) in [6, 6.07) is 0.719. The van der Waals surface area contributed by atoms with Gasteiger partial charge >= 0.3 is 0 Å². The van der Waals surface area contributed by atoms with Gasteiger partial charge in [-0.3, -0.25) is 0 Å². The van der Waals surface area contributed by atoms with Crippen LogP contribution in [0.15, 0.2) is 0 Å². The predicted octanol–water partition coefficient (Wildman–Crippen LogP) is 4.36. The number of nitrogens with one attached hydrogen (secondary N) is 1. The van der Waals surface area contributed by atoms with Gasteiger partial charge in [-0.05, 0) is 45.1 Å². The highest BCUT2D eigenvalue weighted by atomic mass is 32.1. The molecule has 1 N–H and O–H groups in total. The molecule has 0 aliphatic carbocycles. The maximum absolute atomic E-state index is 4.97. The largest absolute Gasteiger partial charge is 0.345 e. The molecule has 1 aliphatic heterocycles. The minimum atomic E-state index is 0.719. The van der Waals surface area contributed by atoms with E-state index < -0.39 is 0 Å². The van der Waals surface area contributed by atoms with Crippen LogP contribution in [0, 0.1) is 0 Å². The number of aryl methyl sites for hydroxylation is 1. The Kier molecular flexibility index (Phi) is 6.97.